The monoisotopic (exact) mass is 290 g/mol. The summed E-state index contributed by atoms with van der Waals surface area (Å²) in [7, 11) is 0. The fourth-order valence-electron chi connectivity index (χ4n) is 4.12. The van der Waals surface area contributed by atoms with Crippen LogP contribution in [0.5, 0.6) is 0 Å². The first-order valence-corrected chi connectivity index (χ1v) is 8.86. The Bertz CT molecular complexity index is 397. The molecule has 118 valence electrons. The fourth-order valence-corrected chi connectivity index (χ4v) is 4.12. The van der Waals surface area contributed by atoms with Gasteiger partial charge in [-0.3, -0.25) is 4.90 Å². The molecule has 1 aromatic rings. The summed E-state index contributed by atoms with van der Waals surface area (Å²) < 4.78 is 5.49. The SMILES string of the molecule is CCC1CNC(C2CCCCC2)CN1CCc1ccco1. The fraction of sp³-hybridized carbons (Fsp3) is 0.778. The molecule has 1 N–H and O–H groups in total. The summed E-state index contributed by atoms with van der Waals surface area (Å²) in [6, 6.07) is 5.50. The van der Waals surface area contributed by atoms with Crippen molar-refractivity contribution < 1.29 is 4.42 Å². The van der Waals surface area contributed by atoms with Gasteiger partial charge in [-0.25, -0.2) is 0 Å². The molecule has 3 nitrogen and oxygen atoms in total. The third kappa shape index (κ3) is 3.89. The first kappa shape index (κ1) is 15.1. The largest absolute Gasteiger partial charge is 0.469 e. The van der Waals surface area contributed by atoms with Crippen LogP contribution in [0.2, 0.25) is 0 Å². The lowest BCUT2D eigenvalue weighted by Gasteiger charge is -2.43. The molecule has 2 aliphatic rings. The molecule has 0 amide bonds. The predicted octanol–water partition coefficient (Wildman–Crippen LogP) is 3.45. The Balaban J connectivity index is 1.55. The van der Waals surface area contributed by atoms with Gasteiger partial charge in [0.05, 0.1) is 6.26 Å². The normalized spacial score (nSPS) is 28.8. The van der Waals surface area contributed by atoms with Crippen LogP contribution in [0.3, 0.4) is 0 Å². The molecule has 1 aliphatic heterocycles. The van der Waals surface area contributed by atoms with Crippen molar-refractivity contribution in [3.8, 4) is 0 Å². The van der Waals surface area contributed by atoms with Gasteiger partial charge in [0, 0.05) is 38.1 Å². The van der Waals surface area contributed by atoms with E-state index in [2.05, 4.69) is 23.2 Å². The summed E-state index contributed by atoms with van der Waals surface area (Å²) in [6.45, 7) is 5.84. The highest BCUT2D eigenvalue weighted by Gasteiger charge is 2.31. The highest BCUT2D eigenvalue weighted by atomic mass is 16.3. The molecule has 2 heterocycles. The standard InChI is InChI=1S/C18H30N2O/c1-2-16-13-19-18(15-7-4-3-5-8-15)14-20(16)11-10-17-9-6-12-21-17/h6,9,12,15-16,18-19H,2-5,7-8,10-11,13-14H2,1H3. The Morgan fingerprint density at radius 1 is 1.29 bits per heavy atom. The molecule has 1 aliphatic carbocycles. The van der Waals surface area contributed by atoms with Crippen LogP contribution in [0.25, 0.3) is 0 Å². The number of nitrogens with one attached hydrogen (secondary N) is 1. The van der Waals surface area contributed by atoms with E-state index in [1.807, 2.05) is 6.07 Å². The van der Waals surface area contributed by atoms with Crippen molar-refractivity contribution in [3.63, 3.8) is 0 Å². The van der Waals surface area contributed by atoms with Gasteiger partial charge < -0.3 is 9.73 Å². The third-order valence-corrected chi connectivity index (χ3v) is 5.48. The van der Waals surface area contributed by atoms with E-state index < -0.39 is 0 Å². The maximum atomic E-state index is 5.49. The molecule has 0 aromatic carbocycles. The number of hydrogen-bond acceptors (Lipinski definition) is 3. The van der Waals surface area contributed by atoms with Gasteiger partial charge in [-0.05, 0) is 37.3 Å². The van der Waals surface area contributed by atoms with Crippen LogP contribution < -0.4 is 5.32 Å². The minimum atomic E-state index is 0.694. The van der Waals surface area contributed by atoms with E-state index in [4.69, 9.17) is 4.42 Å². The van der Waals surface area contributed by atoms with Crippen molar-refractivity contribution in [1.29, 1.82) is 0 Å². The number of furan rings is 1. The second kappa shape index (κ2) is 7.46. The predicted molar refractivity (Wildman–Crippen MR) is 86.4 cm³/mol. The molecule has 0 bridgehead atoms. The number of hydrogen-bond donors (Lipinski definition) is 1. The Morgan fingerprint density at radius 2 is 2.14 bits per heavy atom. The highest BCUT2D eigenvalue weighted by molar-refractivity contribution is 4.99. The van der Waals surface area contributed by atoms with Crippen LogP contribution in [0.1, 0.15) is 51.2 Å². The van der Waals surface area contributed by atoms with E-state index in [0.717, 1.165) is 31.2 Å². The summed E-state index contributed by atoms with van der Waals surface area (Å²) in [5.41, 5.74) is 0. The summed E-state index contributed by atoms with van der Waals surface area (Å²) in [5.74, 6) is 2.03. The molecule has 0 spiro atoms. The van der Waals surface area contributed by atoms with Crippen LogP contribution in [0, 0.1) is 5.92 Å². The average molecular weight is 290 g/mol. The zero-order valence-electron chi connectivity index (χ0n) is 13.4. The molecule has 2 unspecified atom stereocenters. The van der Waals surface area contributed by atoms with Crippen LogP contribution in [0.4, 0.5) is 0 Å². The van der Waals surface area contributed by atoms with Gasteiger partial charge in [0.15, 0.2) is 0 Å². The summed E-state index contributed by atoms with van der Waals surface area (Å²) in [6.07, 6.45) is 11.3. The molecule has 3 rings (SSSR count). The Morgan fingerprint density at radius 3 is 2.86 bits per heavy atom. The first-order valence-electron chi connectivity index (χ1n) is 8.86. The van der Waals surface area contributed by atoms with E-state index in [9.17, 15) is 0 Å². The summed E-state index contributed by atoms with van der Waals surface area (Å²) in [5, 5.41) is 3.85. The summed E-state index contributed by atoms with van der Waals surface area (Å²) >= 11 is 0. The van der Waals surface area contributed by atoms with Crippen molar-refractivity contribution in [2.24, 2.45) is 5.92 Å². The van der Waals surface area contributed by atoms with E-state index >= 15 is 0 Å². The van der Waals surface area contributed by atoms with Crippen LogP contribution in [0.15, 0.2) is 22.8 Å². The van der Waals surface area contributed by atoms with Crippen LogP contribution >= 0.6 is 0 Å². The maximum absolute atomic E-state index is 5.49. The lowest BCUT2D eigenvalue weighted by molar-refractivity contribution is 0.0934. The molecular formula is C18H30N2O. The third-order valence-electron chi connectivity index (χ3n) is 5.48. The average Bonchev–Trinajstić information content (AvgIpc) is 3.07. The molecule has 1 saturated heterocycles. The molecule has 2 fully saturated rings. The Hall–Kier alpha value is -0.800. The Kier molecular flexibility index (Phi) is 5.37. The van der Waals surface area contributed by atoms with Gasteiger partial charge in [0.25, 0.3) is 0 Å². The lowest BCUT2D eigenvalue weighted by Crippen LogP contribution is -2.59. The Labute approximate surface area is 129 Å². The number of rotatable bonds is 5. The van der Waals surface area contributed by atoms with Gasteiger partial charge in [-0.1, -0.05) is 26.2 Å². The van der Waals surface area contributed by atoms with Crippen molar-refractivity contribution in [3.05, 3.63) is 24.2 Å². The minimum Gasteiger partial charge on any atom is -0.469 e. The molecule has 3 heteroatoms. The quantitative estimate of drug-likeness (QED) is 0.900. The van der Waals surface area contributed by atoms with Gasteiger partial charge in [0.2, 0.25) is 0 Å². The molecule has 2 atom stereocenters. The van der Waals surface area contributed by atoms with E-state index in [0.29, 0.717) is 12.1 Å². The van der Waals surface area contributed by atoms with Crippen LogP contribution in [-0.2, 0) is 6.42 Å². The molecule has 1 saturated carbocycles. The smallest absolute Gasteiger partial charge is 0.105 e. The van der Waals surface area contributed by atoms with Crippen molar-refractivity contribution in [1.82, 2.24) is 10.2 Å². The topological polar surface area (TPSA) is 28.4 Å². The van der Waals surface area contributed by atoms with Gasteiger partial charge in [0.1, 0.15) is 5.76 Å². The van der Waals surface area contributed by atoms with Crippen LogP contribution in [-0.4, -0.2) is 36.6 Å². The lowest BCUT2D eigenvalue weighted by atomic mass is 9.82. The molecular weight excluding hydrogens is 260 g/mol. The van der Waals surface area contributed by atoms with Gasteiger partial charge >= 0.3 is 0 Å². The van der Waals surface area contributed by atoms with E-state index in [1.54, 1.807) is 6.26 Å². The molecule has 21 heavy (non-hydrogen) atoms. The second-order valence-corrected chi connectivity index (χ2v) is 6.80. The van der Waals surface area contributed by atoms with Crippen molar-refractivity contribution in [2.45, 2.75) is 64.0 Å². The van der Waals surface area contributed by atoms with Crippen molar-refractivity contribution in [2.75, 3.05) is 19.6 Å². The zero-order valence-corrected chi connectivity index (χ0v) is 13.4. The minimum absolute atomic E-state index is 0.694. The van der Waals surface area contributed by atoms with Gasteiger partial charge in [-0.15, -0.1) is 0 Å². The maximum Gasteiger partial charge on any atom is 0.105 e. The van der Waals surface area contributed by atoms with Gasteiger partial charge in [-0.2, -0.15) is 0 Å². The molecule has 1 aromatic heterocycles. The zero-order chi connectivity index (χ0) is 14.5. The summed E-state index contributed by atoms with van der Waals surface area (Å²) in [4.78, 5) is 2.71. The number of piperazine rings is 1. The van der Waals surface area contributed by atoms with E-state index in [1.165, 1.54) is 45.1 Å². The highest BCUT2D eigenvalue weighted by Crippen LogP contribution is 2.28. The van der Waals surface area contributed by atoms with Crippen molar-refractivity contribution >= 4 is 0 Å². The first-order chi connectivity index (χ1) is 10.4. The molecule has 0 radical (unpaired) electrons. The number of nitrogens with zero attached hydrogens (tertiary/aromatic N) is 1. The second-order valence-electron chi connectivity index (χ2n) is 6.80. The van der Waals surface area contributed by atoms with E-state index in [-0.39, 0.29) is 0 Å².